The Morgan fingerprint density at radius 2 is 2.20 bits per heavy atom. The van der Waals surface area contributed by atoms with E-state index in [1.165, 1.54) is 0 Å². The summed E-state index contributed by atoms with van der Waals surface area (Å²) in [5.41, 5.74) is 1.52. The molecular weight excluding hydrogens is 192 g/mol. The zero-order chi connectivity index (χ0) is 11.1. The molecule has 3 heteroatoms. The fourth-order valence-electron chi connectivity index (χ4n) is 1.85. The Hall–Kier alpha value is -1.64. The molecule has 1 aromatic carbocycles. The van der Waals surface area contributed by atoms with Crippen molar-refractivity contribution in [2.24, 2.45) is 0 Å². The van der Waals surface area contributed by atoms with Crippen molar-refractivity contribution in [3.8, 4) is 0 Å². The fourth-order valence-corrected chi connectivity index (χ4v) is 1.85. The van der Waals surface area contributed by atoms with E-state index in [0.717, 1.165) is 11.1 Å². The van der Waals surface area contributed by atoms with Crippen LogP contribution in [0.1, 0.15) is 28.4 Å². The van der Waals surface area contributed by atoms with Gasteiger partial charge in [-0.1, -0.05) is 12.1 Å². The van der Waals surface area contributed by atoms with E-state index in [9.17, 15) is 9.59 Å². The Balaban J connectivity index is 2.55. The molecule has 0 saturated carbocycles. The van der Waals surface area contributed by atoms with Crippen LogP contribution in [0.15, 0.2) is 18.2 Å². The second kappa shape index (κ2) is 3.19. The van der Waals surface area contributed by atoms with Crippen molar-refractivity contribution in [3.63, 3.8) is 0 Å². The molecule has 78 valence electrons. The van der Waals surface area contributed by atoms with Crippen LogP contribution in [-0.2, 0) is 16.0 Å². The van der Waals surface area contributed by atoms with Crippen LogP contribution in [0.2, 0.25) is 0 Å². The second-order valence-electron chi connectivity index (χ2n) is 4.10. The first-order chi connectivity index (χ1) is 7.06. The first-order valence-corrected chi connectivity index (χ1v) is 4.84. The van der Waals surface area contributed by atoms with Gasteiger partial charge in [0.25, 0.3) is 0 Å². The molecule has 1 aliphatic heterocycles. The number of hydrogen-bond acceptors (Lipinski definition) is 3. The lowest BCUT2D eigenvalue weighted by molar-refractivity contribution is -0.124. The van der Waals surface area contributed by atoms with Crippen molar-refractivity contribution in [1.29, 1.82) is 0 Å². The Morgan fingerprint density at radius 1 is 1.47 bits per heavy atom. The van der Waals surface area contributed by atoms with Gasteiger partial charge in [-0.05, 0) is 31.0 Å². The average molecular weight is 204 g/mol. The number of ether oxygens (including phenoxy) is 1. The number of carbonyl (C=O) groups excluding carboxylic acids is 2. The number of fused-ring (bicyclic) bond motifs is 1. The highest BCUT2D eigenvalue weighted by Gasteiger charge is 2.36. The molecule has 3 nitrogen and oxygen atoms in total. The van der Waals surface area contributed by atoms with Crippen molar-refractivity contribution in [1.82, 2.24) is 0 Å². The molecule has 1 heterocycles. The molecular formula is C12H12O3. The zero-order valence-corrected chi connectivity index (χ0v) is 8.74. The molecule has 1 aromatic rings. The predicted octanol–water partition coefficient (Wildman–Crippen LogP) is 1.67. The fraction of sp³-hybridized carbons (Fsp3) is 0.333. The minimum atomic E-state index is -1.00. The van der Waals surface area contributed by atoms with Gasteiger partial charge < -0.3 is 4.74 Å². The van der Waals surface area contributed by atoms with Crippen LogP contribution in [0.5, 0.6) is 0 Å². The monoisotopic (exact) mass is 204 g/mol. The van der Waals surface area contributed by atoms with E-state index in [2.05, 4.69) is 0 Å². The van der Waals surface area contributed by atoms with Crippen LogP contribution in [-0.4, -0.2) is 17.9 Å². The van der Waals surface area contributed by atoms with Gasteiger partial charge in [-0.3, -0.25) is 4.79 Å². The van der Waals surface area contributed by atoms with E-state index in [0.29, 0.717) is 18.3 Å². The second-order valence-corrected chi connectivity index (χ2v) is 4.10. The van der Waals surface area contributed by atoms with Gasteiger partial charge in [0.2, 0.25) is 0 Å². The summed E-state index contributed by atoms with van der Waals surface area (Å²) in [6, 6.07) is 5.48. The lowest BCUT2D eigenvalue weighted by Crippen LogP contribution is -2.40. The van der Waals surface area contributed by atoms with E-state index >= 15 is 0 Å². The predicted molar refractivity (Wildman–Crippen MR) is 54.8 cm³/mol. The standard InChI is InChI=1S/C12H12O3/c1-8-4-3-5-9-10(8)6-12(2,7-13)15-11(9)14/h3-5,7H,6H2,1-2H3. The summed E-state index contributed by atoms with van der Waals surface area (Å²) in [5, 5.41) is 0. The third kappa shape index (κ3) is 1.54. The zero-order valence-electron chi connectivity index (χ0n) is 8.74. The number of rotatable bonds is 1. The Morgan fingerprint density at radius 3 is 2.87 bits per heavy atom. The van der Waals surface area contributed by atoms with Crippen molar-refractivity contribution in [3.05, 3.63) is 34.9 Å². The summed E-state index contributed by atoms with van der Waals surface area (Å²) in [6.07, 6.45) is 1.16. The summed E-state index contributed by atoms with van der Waals surface area (Å²) in [7, 11) is 0. The van der Waals surface area contributed by atoms with Gasteiger partial charge in [-0.25, -0.2) is 4.79 Å². The summed E-state index contributed by atoms with van der Waals surface area (Å²) < 4.78 is 5.10. The van der Waals surface area contributed by atoms with Crippen molar-refractivity contribution in [2.45, 2.75) is 25.9 Å². The molecule has 0 bridgehead atoms. The third-order valence-corrected chi connectivity index (χ3v) is 2.73. The Labute approximate surface area is 88.1 Å². The molecule has 0 amide bonds. The number of benzene rings is 1. The summed E-state index contributed by atoms with van der Waals surface area (Å²) in [4.78, 5) is 22.5. The number of hydrogen-bond donors (Lipinski definition) is 0. The van der Waals surface area contributed by atoms with Gasteiger partial charge in [-0.15, -0.1) is 0 Å². The molecule has 15 heavy (non-hydrogen) atoms. The minimum Gasteiger partial charge on any atom is -0.448 e. The summed E-state index contributed by atoms with van der Waals surface area (Å²) >= 11 is 0. The largest absolute Gasteiger partial charge is 0.448 e. The van der Waals surface area contributed by atoms with Gasteiger partial charge in [0, 0.05) is 6.42 Å². The number of aldehydes is 1. The maximum Gasteiger partial charge on any atom is 0.339 e. The van der Waals surface area contributed by atoms with E-state index in [-0.39, 0.29) is 0 Å². The van der Waals surface area contributed by atoms with Gasteiger partial charge in [-0.2, -0.15) is 0 Å². The molecule has 0 aliphatic carbocycles. The highest BCUT2D eigenvalue weighted by Crippen LogP contribution is 2.28. The van der Waals surface area contributed by atoms with Gasteiger partial charge in [0.1, 0.15) is 0 Å². The summed E-state index contributed by atoms with van der Waals surface area (Å²) in [5.74, 6) is -0.408. The Kier molecular flexibility index (Phi) is 2.11. The van der Waals surface area contributed by atoms with E-state index in [1.54, 1.807) is 13.0 Å². The van der Waals surface area contributed by atoms with Gasteiger partial charge >= 0.3 is 5.97 Å². The van der Waals surface area contributed by atoms with E-state index < -0.39 is 11.6 Å². The molecule has 0 saturated heterocycles. The van der Waals surface area contributed by atoms with Crippen molar-refractivity contribution >= 4 is 12.3 Å². The molecule has 0 radical (unpaired) electrons. The summed E-state index contributed by atoms with van der Waals surface area (Å²) in [6.45, 7) is 3.57. The maximum atomic E-state index is 11.6. The third-order valence-electron chi connectivity index (χ3n) is 2.73. The Bertz CT molecular complexity index is 436. The molecule has 0 spiro atoms. The maximum absolute atomic E-state index is 11.6. The number of aryl methyl sites for hydroxylation is 1. The topological polar surface area (TPSA) is 43.4 Å². The molecule has 1 atom stereocenters. The van der Waals surface area contributed by atoms with Crippen LogP contribution in [0, 0.1) is 6.92 Å². The normalized spacial score (nSPS) is 24.3. The molecule has 1 unspecified atom stereocenters. The lowest BCUT2D eigenvalue weighted by Gasteiger charge is -2.30. The average Bonchev–Trinajstić information content (AvgIpc) is 2.20. The van der Waals surface area contributed by atoms with Crippen LogP contribution in [0.3, 0.4) is 0 Å². The number of esters is 1. The van der Waals surface area contributed by atoms with Crippen LogP contribution in [0.25, 0.3) is 0 Å². The smallest absolute Gasteiger partial charge is 0.339 e. The molecule has 1 aliphatic rings. The van der Waals surface area contributed by atoms with Crippen molar-refractivity contribution in [2.75, 3.05) is 0 Å². The quantitative estimate of drug-likeness (QED) is 0.516. The van der Waals surface area contributed by atoms with Crippen LogP contribution < -0.4 is 0 Å². The number of cyclic esters (lactones) is 1. The van der Waals surface area contributed by atoms with Gasteiger partial charge in [0.15, 0.2) is 11.9 Å². The van der Waals surface area contributed by atoms with Crippen LogP contribution >= 0.6 is 0 Å². The number of carbonyl (C=O) groups is 2. The first kappa shape index (κ1) is 9.90. The molecule has 0 N–H and O–H groups in total. The van der Waals surface area contributed by atoms with E-state index in [4.69, 9.17) is 4.74 Å². The SMILES string of the molecule is Cc1cccc2c1CC(C)(C=O)OC2=O. The molecule has 0 fully saturated rings. The highest BCUT2D eigenvalue weighted by molar-refractivity contribution is 5.94. The highest BCUT2D eigenvalue weighted by atomic mass is 16.6. The minimum absolute atomic E-state index is 0.408. The van der Waals surface area contributed by atoms with Crippen molar-refractivity contribution < 1.29 is 14.3 Å². The molecule has 0 aromatic heterocycles. The first-order valence-electron chi connectivity index (χ1n) is 4.84. The lowest BCUT2D eigenvalue weighted by atomic mass is 9.88. The van der Waals surface area contributed by atoms with Gasteiger partial charge in [0.05, 0.1) is 5.56 Å². The van der Waals surface area contributed by atoms with Crippen LogP contribution in [0.4, 0.5) is 0 Å². The molecule has 2 rings (SSSR count). The van der Waals surface area contributed by atoms with E-state index in [1.807, 2.05) is 19.1 Å².